The summed E-state index contributed by atoms with van der Waals surface area (Å²) in [5.74, 6) is 0.144. The Hall–Kier alpha value is -3.57. The summed E-state index contributed by atoms with van der Waals surface area (Å²) >= 11 is 0. The molecule has 1 amide bonds. The fourth-order valence-corrected chi connectivity index (χ4v) is 4.34. The van der Waals surface area contributed by atoms with E-state index in [1.807, 2.05) is 43.3 Å². The minimum absolute atomic E-state index is 0.221. The van der Waals surface area contributed by atoms with Crippen molar-refractivity contribution in [3.63, 3.8) is 0 Å². The molecule has 3 aromatic carbocycles. The molecule has 0 bridgehead atoms. The van der Waals surface area contributed by atoms with Crippen LogP contribution in [-0.2, 0) is 6.54 Å². The highest BCUT2D eigenvalue weighted by atomic mass is 16.3. The lowest BCUT2D eigenvalue weighted by molar-refractivity contribution is 0.0998. The molecule has 4 aromatic rings. The number of hydrogen-bond acceptors (Lipinski definition) is 4. The number of amides is 1. The maximum absolute atomic E-state index is 12.8. The van der Waals surface area contributed by atoms with Crippen LogP contribution in [0.15, 0.2) is 83.3 Å². The number of anilines is 2. The Balaban J connectivity index is 1.19. The first-order chi connectivity index (χ1) is 15.7. The molecule has 1 N–H and O–H groups in total. The number of para-hydroxylation sites is 1. The Kier molecular flexibility index (Phi) is 5.65. The van der Waals surface area contributed by atoms with Gasteiger partial charge in [-0.25, -0.2) is 0 Å². The zero-order chi connectivity index (χ0) is 21.9. The molecular formula is C27H27N3O2. The Morgan fingerprint density at radius 1 is 0.875 bits per heavy atom. The van der Waals surface area contributed by atoms with Crippen molar-refractivity contribution < 1.29 is 9.21 Å². The van der Waals surface area contributed by atoms with Crippen molar-refractivity contribution >= 4 is 28.3 Å². The minimum atomic E-state index is -0.221. The third-order valence-corrected chi connectivity index (χ3v) is 6.16. The van der Waals surface area contributed by atoms with Crippen molar-refractivity contribution in [2.45, 2.75) is 13.5 Å². The monoisotopic (exact) mass is 425 g/mol. The van der Waals surface area contributed by atoms with E-state index in [9.17, 15) is 4.79 Å². The van der Waals surface area contributed by atoms with Crippen LogP contribution in [0.1, 0.15) is 21.7 Å². The molecule has 0 saturated carbocycles. The molecular weight excluding hydrogens is 398 g/mol. The highest BCUT2D eigenvalue weighted by molar-refractivity contribution is 6.06. The van der Waals surface area contributed by atoms with Crippen LogP contribution in [0.5, 0.6) is 0 Å². The van der Waals surface area contributed by atoms with Gasteiger partial charge in [0.1, 0.15) is 5.58 Å². The van der Waals surface area contributed by atoms with Gasteiger partial charge in [0.05, 0.1) is 0 Å². The van der Waals surface area contributed by atoms with Crippen LogP contribution in [0.2, 0.25) is 0 Å². The number of nitrogens with one attached hydrogen (secondary N) is 1. The van der Waals surface area contributed by atoms with E-state index in [1.165, 1.54) is 11.3 Å². The molecule has 0 atom stereocenters. The lowest BCUT2D eigenvalue weighted by Gasteiger charge is -2.36. The highest BCUT2D eigenvalue weighted by Gasteiger charge is 2.19. The standard InChI is InChI=1S/C27H27N3O2/c1-20-24-9-5-6-10-25(24)32-26(20)27(31)28-22-11-13-23(14-12-22)30-17-15-29(16-18-30)19-21-7-3-2-4-8-21/h2-14H,15-19H2,1H3,(H,28,31). The molecule has 1 fully saturated rings. The zero-order valence-corrected chi connectivity index (χ0v) is 18.3. The Labute approximate surface area is 188 Å². The van der Waals surface area contributed by atoms with Crippen molar-refractivity contribution in [2.24, 2.45) is 0 Å². The molecule has 1 aromatic heterocycles. The fourth-order valence-electron chi connectivity index (χ4n) is 4.34. The molecule has 0 spiro atoms. The molecule has 162 valence electrons. The number of aryl methyl sites for hydroxylation is 1. The summed E-state index contributed by atoms with van der Waals surface area (Å²) < 4.78 is 5.78. The van der Waals surface area contributed by atoms with Crippen molar-refractivity contribution in [3.05, 3.63) is 95.7 Å². The molecule has 32 heavy (non-hydrogen) atoms. The first-order valence-electron chi connectivity index (χ1n) is 11.1. The predicted molar refractivity (Wildman–Crippen MR) is 129 cm³/mol. The van der Waals surface area contributed by atoms with Gasteiger partial charge in [-0.3, -0.25) is 9.69 Å². The van der Waals surface area contributed by atoms with E-state index in [-0.39, 0.29) is 5.91 Å². The fraction of sp³-hybridized carbons (Fsp3) is 0.222. The number of hydrogen-bond donors (Lipinski definition) is 1. The maximum atomic E-state index is 12.8. The number of fused-ring (bicyclic) bond motifs is 1. The molecule has 5 rings (SSSR count). The van der Waals surface area contributed by atoms with Gasteiger partial charge in [0.15, 0.2) is 5.76 Å². The molecule has 2 heterocycles. The molecule has 1 aliphatic rings. The van der Waals surface area contributed by atoms with E-state index < -0.39 is 0 Å². The summed E-state index contributed by atoms with van der Waals surface area (Å²) in [4.78, 5) is 17.7. The third kappa shape index (κ3) is 4.25. The SMILES string of the molecule is Cc1c(C(=O)Nc2ccc(N3CCN(Cc4ccccc4)CC3)cc2)oc2ccccc12. The molecule has 0 aliphatic carbocycles. The number of carbonyl (C=O) groups is 1. The summed E-state index contributed by atoms with van der Waals surface area (Å²) in [6.07, 6.45) is 0. The van der Waals surface area contributed by atoms with Crippen LogP contribution in [-0.4, -0.2) is 37.0 Å². The predicted octanol–water partition coefficient (Wildman–Crippen LogP) is 5.32. The van der Waals surface area contributed by atoms with Crippen molar-refractivity contribution in [1.29, 1.82) is 0 Å². The summed E-state index contributed by atoms with van der Waals surface area (Å²) in [7, 11) is 0. The van der Waals surface area contributed by atoms with Crippen LogP contribution in [0.3, 0.4) is 0 Å². The molecule has 0 radical (unpaired) electrons. The molecule has 5 nitrogen and oxygen atoms in total. The lowest BCUT2D eigenvalue weighted by atomic mass is 10.1. The Bertz CT molecular complexity index is 1210. The van der Waals surface area contributed by atoms with E-state index in [4.69, 9.17) is 4.42 Å². The normalized spacial score (nSPS) is 14.6. The quantitative estimate of drug-likeness (QED) is 0.470. The third-order valence-electron chi connectivity index (χ3n) is 6.16. The summed E-state index contributed by atoms with van der Waals surface area (Å²) in [6, 6.07) is 26.4. The average Bonchev–Trinajstić information content (AvgIpc) is 3.18. The Morgan fingerprint density at radius 2 is 1.56 bits per heavy atom. The van der Waals surface area contributed by atoms with Gasteiger partial charge >= 0.3 is 0 Å². The average molecular weight is 426 g/mol. The number of carbonyl (C=O) groups excluding carboxylic acids is 1. The Morgan fingerprint density at radius 3 is 2.28 bits per heavy atom. The van der Waals surface area contributed by atoms with Gasteiger partial charge in [-0.2, -0.15) is 0 Å². The van der Waals surface area contributed by atoms with Gasteiger partial charge < -0.3 is 14.6 Å². The zero-order valence-electron chi connectivity index (χ0n) is 18.3. The van der Waals surface area contributed by atoms with Crippen molar-refractivity contribution in [2.75, 3.05) is 36.4 Å². The van der Waals surface area contributed by atoms with Gasteiger partial charge in [0.25, 0.3) is 5.91 Å². The van der Waals surface area contributed by atoms with E-state index in [2.05, 4.69) is 57.6 Å². The minimum Gasteiger partial charge on any atom is -0.451 e. The molecule has 5 heteroatoms. The first-order valence-corrected chi connectivity index (χ1v) is 11.1. The van der Waals surface area contributed by atoms with E-state index >= 15 is 0 Å². The van der Waals surface area contributed by atoms with Crippen molar-refractivity contribution in [3.8, 4) is 0 Å². The van der Waals surface area contributed by atoms with E-state index in [1.54, 1.807) is 0 Å². The number of piperazine rings is 1. The van der Waals surface area contributed by atoms with Gasteiger partial charge in [-0.05, 0) is 42.8 Å². The first kappa shape index (κ1) is 20.3. The number of benzene rings is 3. The number of rotatable bonds is 5. The van der Waals surface area contributed by atoms with Crippen LogP contribution in [0.4, 0.5) is 11.4 Å². The lowest BCUT2D eigenvalue weighted by Crippen LogP contribution is -2.45. The molecule has 0 unspecified atom stereocenters. The summed E-state index contributed by atoms with van der Waals surface area (Å²) in [5, 5.41) is 3.94. The summed E-state index contributed by atoms with van der Waals surface area (Å²) in [5.41, 5.74) is 4.91. The second kappa shape index (κ2) is 8.89. The van der Waals surface area contributed by atoms with Crippen LogP contribution >= 0.6 is 0 Å². The van der Waals surface area contributed by atoms with Crippen LogP contribution in [0.25, 0.3) is 11.0 Å². The summed E-state index contributed by atoms with van der Waals surface area (Å²) in [6.45, 7) is 6.99. The second-order valence-electron chi connectivity index (χ2n) is 8.30. The van der Waals surface area contributed by atoms with Crippen LogP contribution < -0.4 is 10.2 Å². The van der Waals surface area contributed by atoms with E-state index in [0.717, 1.165) is 54.9 Å². The number of furan rings is 1. The van der Waals surface area contributed by atoms with Crippen LogP contribution in [0, 0.1) is 6.92 Å². The van der Waals surface area contributed by atoms with E-state index in [0.29, 0.717) is 5.76 Å². The largest absolute Gasteiger partial charge is 0.451 e. The molecule has 1 aliphatic heterocycles. The van der Waals surface area contributed by atoms with Gasteiger partial charge in [-0.15, -0.1) is 0 Å². The maximum Gasteiger partial charge on any atom is 0.291 e. The van der Waals surface area contributed by atoms with Gasteiger partial charge in [-0.1, -0.05) is 48.5 Å². The number of nitrogens with zero attached hydrogens (tertiary/aromatic N) is 2. The molecule has 1 saturated heterocycles. The smallest absolute Gasteiger partial charge is 0.291 e. The van der Waals surface area contributed by atoms with Crippen molar-refractivity contribution in [1.82, 2.24) is 4.90 Å². The highest BCUT2D eigenvalue weighted by Crippen LogP contribution is 2.26. The second-order valence-corrected chi connectivity index (χ2v) is 8.30. The van der Waals surface area contributed by atoms with Gasteiger partial charge in [0, 0.05) is 55.0 Å². The van der Waals surface area contributed by atoms with Gasteiger partial charge in [0.2, 0.25) is 0 Å². The topological polar surface area (TPSA) is 48.7 Å².